The number of hydrogen-bond donors (Lipinski definition) is 1. The van der Waals surface area contributed by atoms with Gasteiger partial charge in [-0.3, -0.25) is 14.9 Å². The van der Waals surface area contributed by atoms with Crippen LogP contribution in [0.4, 0.5) is 11.4 Å². The number of amides is 1. The number of nitro benzene ring substituents is 1. The van der Waals surface area contributed by atoms with Crippen LogP contribution in [0.15, 0.2) is 88.9 Å². The predicted molar refractivity (Wildman–Crippen MR) is 145 cm³/mol. The fraction of sp³-hybridized carbons (Fsp3) is 0.0357. The van der Waals surface area contributed by atoms with Gasteiger partial charge in [-0.05, 0) is 62.6 Å². The number of halogens is 1. The van der Waals surface area contributed by atoms with Crippen LogP contribution in [0.5, 0.6) is 11.5 Å². The normalized spacial score (nSPS) is 10.9. The Morgan fingerprint density at radius 3 is 2.50 bits per heavy atom. The van der Waals surface area contributed by atoms with Crippen molar-refractivity contribution in [2.45, 2.75) is 0 Å². The van der Waals surface area contributed by atoms with E-state index < -0.39 is 16.8 Å². The molecule has 1 N–H and O–H groups in total. The second-order valence-electron chi connectivity index (χ2n) is 7.87. The minimum Gasteiger partial charge on any atom is -0.494 e. The molecule has 0 fully saturated rings. The Balaban J connectivity index is 1.53. The van der Waals surface area contributed by atoms with E-state index in [-0.39, 0.29) is 28.4 Å². The molecular weight excluding hydrogens is 554 g/mol. The van der Waals surface area contributed by atoms with Crippen LogP contribution in [0.3, 0.4) is 0 Å². The molecule has 0 aliphatic rings. The number of fused-ring (bicyclic) bond motifs is 1. The molecule has 0 atom stereocenters. The third-order valence-corrected chi connectivity index (χ3v) is 6.11. The van der Waals surface area contributed by atoms with Crippen molar-refractivity contribution in [3.63, 3.8) is 0 Å². The largest absolute Gasteiger partial charge is 0.494 e. The Labute approximate surface area is 225 Å². The van der Waals surface area contributed by atoms with E-state index in [4.69, 9.17) is 9.47 Å². The first-order valence-electron chi connectivity index (χ1n) is 11.1. The van der Waals surface area contributed by atoms with Gasteiger partial charge in [0, 0.05) is 6.07 Å². The second kappa shape index (κ2) is 11.4. The van der Waals surface area contributed by atoms with Crippen LogP contribution in [0, 0.1) is 21.4 Å². The zero-order chi connectivity index (χ0) is 27.2. The van der Waals surface area contributed by atoms with Crippen LogP contribution in [0.25, 0.3) is 16.8 Å². The minimum atomic E-state index is -0.734. The van der Waals surface area contributed by atoms with Crippen LogP contribution in [0.1, 0.15) is 15.9 Å². The lowest BCUT2D eigenvalue weighted by molar-refractivity contribution is -0.384. The number of ether oxygens (including phenoxy) is 2. The summed E-state index contributed by atoms with van der Waals surface area (Å²) in [6.07, 6.45) is 1.36. The van der Waals surface area contributed by atoms with E-state index in [1.807, 2.05) is 36.4 Å². The van der Waals surface area contributed by atoms with Crippen molar-refractivity contribution >= 4 is 56.0 Å². The summed E-state index contributed by atoms with van der Waals surface area (Å²) in [4.78, 5) is 36.0. The topological polar surface area (TPSA) is 132 Å². The van der Waals surface area contributed by atoms with Gasteiger partial charge < -0.3 is 14.8 Å². The van der Waals surface area contributed by atoms with Gasteiger partial charge in [-0.2, -0.15) is 5.26 Å². The highest BCUT2D eigenvalue weighted by Gasteiger charge is 2.17. The molecule has 9 nitrogen and oxygen atoms in total. The average Bonchev–Trinajstić information content (AvgIpc) is 2.92. The van der Waals surface area contributed by atoms with Crippen LogP contribution in [0.2, 0.25) is 0 Å². The van der Waals surface area contributed by atoms with Gasteiger partial charge in [0.15, 0.2) is 0 Å². The molecule has 0 bridgehead atoms. The highest BCUT2D eigenvalue weighted by Crippen LogP contribution is 2.31. The molecule has 4 rings (SSSR count). The number of anilines is 1. The van der Waals surface area contributed by atoms with Crippen molar-refractivity contribution in [3.8, 4) is 17.6 Å². The summed E-state index contributed by atoms with van der Waals surface area (Å²) in [5.74, 6) is -0.925. The van der Waals surface area contributed by atoms with Crippen LogP contribution >= 0.6 is 15.9 Å². The van der Waals surface area contributed by atoms with Gasteiger partial charge in [-0.25, -0.2) is 4.79 Å². The van der Waals surface area contributed by atoms with Crippen molar-refractivity contribution in [2.24, 2.45) is 0 Å². The average molecular weight is 572 g/mol. The molecule has 0 unspecified atom stereocenters. The Bertz CT molecular complexity index is 1650. The third kappa shape index (κ3) is 5.69. The number of methoxy groups -OCH3 is 1. The highest BCUT2D eigenvalue weighted by atomic mass is 79.9. The lowest BCUT2D eigenvalue weighted by Gasteiger charge is -2.10. The number of non-ortho nitro benzene ring substituents is 1. The molecule has 0 aliphatic heterocycles. The van der Waals surface area contributed by atoms with E-state index in [0.717, 1.165) is 10.8 Å². The highest BCUT2D eigenvalue weighted by molar-refractivity contribution is 9.10. The molecule has 0 saturated heterocycles. The number of carbonyl (C=O) groups excluding carboxylic acids is 2. The zero-order valence-corrected chi connectivity index (χ0v) is 21.4. The van der Waals surface area contributed by atoms with Gasteiger partial charge >= 0.3 is 5.97 Å². The summed E-state index contributed by atoms with van der Waals surface area (Å²) in [5.41, 5.74) is 0.647. The Hall–Kier alpha value is -5.01. The summed E-state index contributed by atoms with van der Waals surface area (Å²) in [5, 5.41) is 24.7. The van der Waals surface area contributed by atoms with E-state index in [0.29, 0.717) is 15.6 Å². The molecular formula is C28H18BrN3O6. The van der Waals surface area contributed by atoms with Gasteiger partial charge in [0.2, 0.25) is 0 Å². The molecule has 38 heavy (non-hydrogen) atoms. The molecule has 0 saturated carbocycles. The predicted octanol–water partition coefficient (Wildman–Crippen LogP) is 6.28. The van der Waals surface area contributed by atoms with Crippen LogP contribution in [-0.4, -0.2) is 23.9 Å². The maximum Gasteiger partial charge on any atom is 0.344 e. The van der Waals surface area contributed by atoms with Gasteiger partial charge in [-0.15, -0.1) is 0 Å². The molecule has 0 aliphatic carbocycles. The molecule has 4 aromatic carbocycles. The van der Waals surface area contributed by atoms with E-state index >= 15 is 0 Å². The number of rotatable bonds is 7. The van der Waals surface area contributed by atoms with Gasteiger partial charge in [-0.1, -0.05) is 42.5 Å². The van der Waals surface area contributed by atoms with Gasteiger partial charge in [0.1, 0.15) is 23.1 Å². The Kier molecular flexibility index (Phi) is 7.80. The number of benzene rings is 4. The Morgan fingerprint density at radius 2 is 1.79 bits per heavy atom. The van der Waals surface area contributed by atoms with Crippen molar-refractivity contribution in [2.75, 3.05) is 12.4 Å². The van der Waals surface area contributed by atoms with Gasteiger partial charge in [0.25, 0.3) is 11.6 Å². The fourth-order valence-corrected chi connectivity index (χ4v) is 4.13. The fourth-order valence-electron chi connectivity index (χ4n) is 3.65. The summed E-state index contributed by atoms with van der Waals surface area (Å²) >= 11 is 3.38. The molecule has 188 valence electrons. The second-order valence-corrected chi connectivity index (χ2v) is 8.73. The molecule has 4 aromatic rings. The summed E-state index contributed by atoms with van der Waals surface area (Å²) in [7, 11) is 1.31. The smallest absolute Gasteiger partial charge is 0.344 e. The van der Waals surface area contributed by atoms with Crippen molar-refractivity contribution in [1.29, 1.82) is 5.26 Å². The number of nitrogens with one attached hydrogen (secondary N) is 1. The standard InChI is InChI=1S/C28H18BrN3O6/c1-37-26-15-20(32(35)36)10-11-24(26)31-27(33)19(16-30)13-17-9-12-25(23(29)14-17)38-28(34)22-8-4-6-18-5-2-3-7-21(18)22/h2-15H,1H3,(H,31,33)/b19-13-. The first-order valence-corrected chi connectivity index (χ1v) is 11.8. The lowest BCUT2D eigenvalue weighted by Crippen LogP contribution is -2.14. The van der Waals surface area contributed by atoms with Crippen molar-refractivity contribution < 1.29 is 24.0 Å². The summed E-state index contributed by atoms with van der Waals surface area (Å²) in [6.45, 7) is 0. The lowest BCUT2D eigenvalue weighted by atomic mass is 10.0. The maximum atomic E-state index is 12.9. The molecule has 0 spiro atoms. The molecule has 1 amide bonds. The van der Waals surface area contributed by atoms with Crippen molar-refractivity contribution in [1.82, 2.24) is 0 Å². The SMILES string of the molecule is COc1cc([N+](=O)[O-])ccc1NC(=O)/C(C#N)=C\c1ccc(OC(=O)c2cccc3ccccc23)c(Br)c1. The zero-order valence-electron chi connectivity index (χ0n) is 19.8. The van der Waals surface area contributed by atoms with E-state index in [9.17, 15) is 25.0 Å². The number of esters is 1. The van der Waals surface area contributed by atoms with E-state index in [2.05, 4.69) is 21.2 Å². The van der Waals surface area contributed by atoms with Crippen molar-refractivity contribution in [3.05, 3.63) is 110 Å². The van der Waals surface area contributed by atoms with Crippen LogP contribution < -0.4 is 14.8 Å². The molecule has 10 heteroatoms. The third-order valence-electron chi connectivity index (χ3n) is 5.49. The number of carbonyl (C=O) groups is 2. The number of nitro groups is 1. The Morgan fingerprint density at radius 1 is 1.03 bits per heavy atom. The quantitative estimate of drug-likeness (QED) is 0.0688. The number of nitrogens with zero attached hydrogens (tertiary/aromatic N) is 2. The minimum absolute atomic E-state index is 0.0740. The molecule has 0 heterocycles. The maximum absolute atomic E-state index is 12.9. The van der Waals surface area contributed by atoms with E-state index in [1.165, 1.54) is 31.4 Å². The number of hydrogen-bond acceptors (Lipinski definition) is 7. The van der Waals surface area contributed by atoms with E-state index in [1.54, 1.807) is 30.3 Å². The monoisotopic (exact) mass is 571 g/mol. The summed E-state index contributed by atoms with van der Waals surface area (Å²) < 4.78 is 11.1. The molecule has 0 radical (unpaired) electrons. The van der Waals surface area contributed by atoms with Gasteiger partial charge in [0.05, 0.1) is 33.8 Å². The summed E-state index contributed by atoms with van der Waals surface area (Å²) in [6, 6.07) is 23.1. The first-order chi connectivity index (χ1) is 18.3. The first kappa shape index (κ1) is 26.1. The number of nitriles is 1. The van der Waals surface area contributed by atoms with Crippen LogP contribution in [-0.2, 0) is 4.79 Å². The molecule has 0 aromatic heterocycles.